The van der Waals surface area contributed by atoms with Crippen LogP contribution in [0.4, 0.5) is 5.69 Å². The van der Waals surface area contributed by atoms with Gasteiger partial charge in [-0.05, 0) is 30.2 Å². The van der Waals surface area contributed by atoms with Crippen LogP contribution in [0.3, 0.4) is 0 Å². The Morgan fingerprint density at radius 1 is 1.33 bits per heavy atom. The summed E-state index contributed by atoms with van der Waals surface area (Å²) in [5.41, 5.74) is 1.31. The molecule has 0 saturated carbocycles. The molecule has 0 amide bonds. The third kappa shape index (κ3) is 3.22. The highest BCUT2D eigenvalue weighted by atomic mass is 79.9. The SMILES string of the molecule is O=[N+]([O-])c1cc(Br)ccc1OCC1Cc2ccccc2S1. The van der Waals surface area contributed by atoms with Crippen molar-refractivity contribution in [2.75, 3.05) is 6.61 Å². The van der Waals surface area contributed by atoms with Crippen LogP contribution in [0, 0.1) is 10.1 Å². The minimum Gasteiger partial charge on any atom is -0.486 e. The molecule has 2 aromatic rings. The van der Waals surface area contributed by atoms with E-state index in [4.69, 9.17) is 4.74 Å². The summed E-state index contributed by atoms with van der Waals surface area (Å²) in [7, 11) is 0. The molecule has 0 saturated heterocycles. The van der Waals surface area contributed by atoms with Gasteiger partial charge in [0.05, 0.1) is 4.92 Å². The second-order valence-corrected chi connectivity index (χ2v) is 6.99. The average molecular weight is 366 g/mol. The predicted octanol–water partition coefficient (Wildman–Crippen LogP) is 4.45. The molecular weight excluding hydrogens is 354 g/mol. The number of thioether (sulfide) groups is 1. The quantitative estimate of drug-likeness (QED) is 0.593. The molecule has 0 aliphatic carbocycles. The van der Waals surface area contributed by atoms with E-state index in [1.54, 1.807) is 23.9 Å². The molecule has 6 heteroatoms. The van der Waals surface area contributed by atoms with Crippen molar-refractivity contribution in [3.8, 4) is 5.75 Å². The van der Waals surface area contributed by atoms with E-state index in [1.807, 2.05) is 12.1 Å². The van der Waals surface area contributed by atoms with Crippen LogP contribution in [-0.2, 0) is 6.42 Å². The Labute approximate surface area is 134 Å². The van der Waals surface area contributed by atoms with Gasteiger partial charge in [-0.25, -0.2) is 0 Å². The number of fused-ring (bicyclic) bond motifs is 1. The van der Waals surface area contributed by atoms with E-state index in [9.17, 15) is 10.1 Å². The highest BCUT2D eigenvalue weighted by molar-refractivity contribution is 9.10. The Hall–Kier alpha value is -1.53. The lowest BCUT2D eigenvalue weighted by Crippen LogP contribution is -2.14. The van der Waals surface area contributed by atoms with E-state index in [1.165, 1.54) is 16.5 Å². The van der Waals surface area contributed by atoms with Crippen LogP contribution in [0.2, 0.25) is 0 Å². The Morgan fingerprint density at radius 3 is 2.90 bits per heavy atom. The van der Waals surface area contributed by atoms with Crippen LogP contribution in [0.5, 0.6) is 5.75 Å². The normalized spacial score (nSPS) is 16.5. The number of ether oxygens (including phenoxy) is 1. The van der Waals surface area contributed by atoms with Crippen molar-refractivity contribution >= 4 is 33.4 Å². The molecule has 0 N–H and O–H groups in total. The fourth-order valence-corrected chi connectivity index (χ4v) is 3.85. The number of benzene rings is 2. The number of hydrogen-bond acceptors (Lipinski definition) is 4. The van der Waals surface area contributed by atoms with Gasteiger partial charge >= 0.3 is 5.69 Å². The van der Waals surface area contributed by atoms with Crippen molar-refractivity contribution in [3.05, 3.63) is 62.6 Å². The zero-order chi connectivity index (χ0) is 14.8. The first-order chi connectivity index (χ1) is 10.1. The summed E-state index contributed by atoms with van der Waals surface area (Å²) in [4.78, 5) is 11.9. The Bertz CT molecular complexity index is 667. The van der Waals surface area contributed by atoms with E-state index in [-0.39, 0.29) is 5.69 Å². The monoisotopic (exact) mass is 365 g/mol. The zero-order valence-electron chi connectivity index (χ0n) is 11.0. The molecule has 0 aromatic heterocycles. The van der Waals surface area contributed by atoms with Gasteiger partial charge in [-0.2, -0.15) is 0 Å². The van der Waals surface area contributed by atoms with Crippen molar-refractivity contribution in [2.45, 2.75) is 16.6 Å². The highest BCUT2D eigenvalue weighted by Gasteiger charge is 2.24. The summed E-state index contributed by atoms with van der Waals surface area (Å²) in [5, 5.41) is 11.3. The van der Waals surface area contributed by atoms with Gasteiger partial charge in [0.2, 0.25) is 0 Å². The second-order valence-electron chi connectivity index (χ2n) is 4.73. The molecule has 21 heavy (non-hydrogen) atoms. The van der Waals surface area contributed by atoms with Gasteiger partial charge < -0.3 is 4.74 Å². The van der Waals surface area contributed by atoms with E-state index in [2.05, 4.69) is 28.1 Å². The van der Waals surface area contributed by atoms with Crippen LogP contribution in [0.1, 0.15) is 5.56 Å². The van der Waals surface area contributed by atoms with Gasteiger partial charge in [-0.1, -0.05) is 34.1 Å². The lowest BCUT2D eigenvalue weighted by atomic mass is 10.1. The standard InChI is InChI=1S/C15H12BrNO3S/c16-11-5-6-14(13(8-11)17(18)19)20-9-12-7-10-3-1-2-4-15(10)21-12/h1-6,8,12H,7,9H2. The largest absolute Gasteiger partial charge is 0.486 e. The Balaban J connectivity index is 1.68. The summed E-state index contributed by atoms with van der Waals surface area (Å²) < 4.78 is 6.36. The first kappa shape index (κ1) is 14.4. The van der Waals surface area contributed by atoms with Crippen molar-refractivity contribution in [2.24, 2.45) is 0 Å². The molecule has 0 bridgehead atoms. The maximum Gasteiger partial charge on any atom is 0.312 e. The van der Waals surface area contributed by atoms with E-state index < -0.39 is 4.92 Å². The van der Waals surface area contributed by atoms with Gasteiger partial charge in [0, 0.05) is 20.7 Å². The van der Waals surface area contributed by atoms with Crippen LogP contribution in [0.15, 0.2) is 51.8 Å². The summed E-state index contributed by atoms with van der Waals surface area (Å²) in [6.07, 6.45) is 0.936. The molecule has 3 rings (SSSR count). The van der Waals surface area contributed by atoms with Crippen molar-refractivity contribution in [1.29, 1.82) is 0 Å². The van der Waals surface area contributed by atoms with Crippen LogP contribution in [-0.4, -0.2) is 16.8 Å². The molecule has 0 fully saturated rings. The van der Waals surface area contributed by atoms with Crippen molar-refractivity contribution in [1.82, 2.24) is 0 Å². The van der Waals surface area contributed by atoms with Crippen LogP contribution < -0.4 is 4.74 Å². The van der Waals surface area contributed by atoms with E-state index in [0.717, 1.165) is 6.42 Å². The number of nitro benzene ring substituents is 1. The van der Waals surface area contributed by atoms with E-state index in [0.29, 0.717) is 22.1 Å². The zero-order valence-corrected chi connectivity index (χ0v) is 13.4. The topological polar surface area (TPSA) is 52.4 Å². The molecule has 1 aliphatic rings. The van der Waals surface area contributed by atoms with Gasteiger partial charge in [0.1, 0.15) is 6.61 Å². The molecule has 108 valence electrons. The molecule has 2 aromatic carbocycles. The second kappa shape index (κ2) is 6.07. The number of hydrogen-bond donors (Lipinski definition) is 0. The van der Waals surface area contributed by atoms with Crippen LogP contribution >= 0.6 is 27.7 Å². The van der Waals surface area contributed by atoms with Crippen molar-refractivity contribution < 1.29 is 9.66 Å². The summed E-state index contributed by atoms with van der Waals surface area (Å²) in [6, 6.07) is 13.1. The molecule has 0 spiro atoms. The molecule has 1 atom stereocenters. The fraction of sp³-hybridized carbons (Fsp3) is 0.200. The van der Waals surface area contributed by atoms with Crippen molar-refractivity contribution in [3.63, 3.8) is 0 Å². The number of nitro groups is 1. The minimum absolute atomic E-state index is 0.00936. The summed E-state index contributed by atoms with van der Waals surface area (Å²) in [6.45, 7) is 0.460. The number of halogens is 1. The van der Waals surface area contributed by atoms with Gasteiger partial charge in [-0.3, -0.25) is 10.1 Å². The highest BCUT2D eigenvalue weighted by Crippen LogP contribution is 2.38. The molecule has 0 radical (unpaired) electrons. The minimum atomic E-state index is -0.420. The van der Waals surface area contributed by atoms with Gasteiger partial charge in [-0.15, -0.1) is 11.8 Å². The smallest absolute Gasteiger partial charge is 0.312 e. The maximum atomic E-state index is 11.0. The molecule has 1 heterocycles. The Morgan fingerprint density at radius 2 is 2.14 bits per heavy atom. The van der Waals surface area contributed by atoms with E-state index >= 15 is 0 Å². The summed E-state index contributed by atoms with van der Waals surface area (Å²) in [5.74, 6) is 0.319. The van der Waals surface area contributed by atoms with Gasteiger partial charge in [0.25, 0.3) is 0 Å². The maximum absolute atomic E-state index is 11.0. The average Bonchev–Trinajstić information content (AvgIpc) is 2.88. The number of rotatable bonds is 4. The third-order valence-electron chi connectivity index (χ3n) is 3.26. The first-order valence-electron chi connectivity index (χ1n) is 6.45. The van der Waals surface area contributed by atoms with Gasteiger partial charge in [0.15, 0.2) is 5.75 Å². The first-order valence-corrected chi connectivity index (χ1v) is 8.12. The summed E-state index contributed by atoms with van der Waals surface area (Å²) >= 11 is 5.01. The lowest BCUT2D eigenvalue weighted by molar-refractivity contribution is -0.385. The van der Waals surface area contributed by atoms with Crippen LogP contribution in [0.25, 0.3) is 0 Å². The molecule has 1 aliphatic heterocycles. The molecular formula is C15H12BrNO3S. The third-order valence-corrected chi connectivity index (χ3v) is 5.04. The Kier molecular flexibility index (Phi) is 4.17. The molecule has 1 unspecified atom stereocenters. The lowest BCUT2D eigenvalue weighted by Gasteiger charge is -2.11. The predicted molar refractivity (Wildman–Crippen MR) is 86.1 cm³/mol. The fourth-order valence-electron chi connectivity index (χ4n) is 2.28. The number of nitrogens with zero attached hydrogens (tertiary/aromatic N) is 1. The molecule has 4 nitrogen and oxygen atoms in total.